The number of aromatic amines is 1. The monoisotopic (exact) mass is 379 g/mol. The van der Waals surface area contributed by atoms with Gasteiger partial charge in [-0.3, -0.25) is 4.79 Å². The fourth-order valence-electron chi connectivity index (χ4n) is 2.65. The van der Waals surface area contributed by atoms with Crippen molar-refractivity contribution in [1.29, 1.82) is 0 Å². The van der Waals surface area contributed by atoms with Crippen LogP contribution in [0.15, 0.2) is 24.3 Å². The van der Waals surface area contributed by atoms with E-state index in [1.54, 1.807) is 39.0 Å². The lowest BCUT2D eigenvalue weighted by molar-refractivity contribution is 0.0525. The van der Waals surface area contributed by atoms with Gasteiger partial charge in [-0.05, 0) is 44.0 Å². The lowest BCUT2D eigenvalue weighted by Crippen LogP contribution is -2.16. The van der Waals surface area contributed by atoms with Crippen LogP contribution in [0.25, 0.3) is 0 Å². The number of H-pyrrole nitrogens is 1. The molecular formula is C17H21N3O5S. The number of anilines is 1. The molecule has 0 aliphatic rings. The van der Waals surface area contributed by atoms with Gasteiger partial charge in [-0.15, -0.1) is 0 Å². The summed E-state index contributed by atoms with van der Waals surface area (Å²) in [6, 6.07) is 6.37. The molecule has 2 aromatic rings. The van der Waals surface area contributed by atoms with E-state index >= 15 is 0 Å². The van der Waals surface area contributed by atoms with Crippen molar-refractivity contribution in [2.24, 2.45) is 5.14 Å². The minimum Gasteiger partial charge on any atom is -0.462 e. The SMILES string of the molecule is CCOC(=O)c1c(C)[nH]c(C(=O)Nc2cccc(CS(N)(=O)=O)c2)c1C. The van der Waals surface area contributed by atoms with Crippen molar-refractivity contribution >= 4 is 27.6 Å². The highest BCUT2D eigenvalue weighted by atomic mass is 32.2. The fraction of sp³-hybridized carbons (Fsp3) is 0.294. The third-order valence-electron chi connectivity index (χ3n) is 3.70. The summed E-state index contributed by atoms with van der Waals surface area (Å²) in [5.74, 6) is -1.27. The Balaban J connectivity index is 2.25. The van der Waals surface area contributed by atoms with Gasteiger partial charge in [0.25, 0.3) is 5.91 Å². The van der Waals surface area contributed by atoms with Crippen molar-refractivity contribution in [2.45, 2.75) is 26.5 Å². The van der Waals surface area contributed by atoms with E-state index in [4.69, 9.17) is 9.88 Å². The number of hydrogen-bond acceptors (Lipinski definition) is 5. The molecule has 0 saturated heterocycles. The van der Waals surface area contributed by atoms with Crippen LogP contribution in [0.2, 0.25) is 0 Å². The zero-order valence-electron chi connectivity index (χ0n) is 14.8. The van der Waals surface area contributed by atoms with Gasteiger partial charge in [0, 0.05) is 11.4 Å². The third kappa shape index (κ3) is 4.70. The molecule has 0 bridgehead atoms. The number of benzene rings is 1. The van der Waals surface area contributed by atoms with Crippen LogP contribution in [0.5, 0.6) is 0 Å². The van der Waals surface area contributed by atoms with Gasteiger partial charge in [0.05, 0.1) is 17.9 Å². The highest BCUT2D eigenvalue weighted by molar-refractivity contribution is 7.88. The van der Waals surface area contributed by atoms with E-state index in [1.165, 1.54) is 6.07 Å². The van der Waals surface area contributed by atoms with Crippen LogP contribution in [0.3, 0.4) is 0 Å². The molecule has 4 N–H and O–H groups in total. The lowest BCUT2D eigenvalue weighted by Gasteiger charge is -2.07. The van der Waals surface area contributed by atoms with Gasteiger partial charge in [-0.25, -0.2) is 18.4 Å². The van der Waals surface area contributed by atoms with Gasteiger partial charge < -0.3 is 15.0 Å². The number of nitrogens with two attached hydrogens (primary N) is 1. The highest BCUT2D eigenvalue weighted by Gasteiger charge is 2.23. The zero-order chi connectivity index (χ0) is 19.5. The van der Waals surface area contributed by atoms with Crippen molar-refractivity contribution in [1.82, 2.24) is 4.98 Å². The van der Waals surface area contributed by atoms with E-state index in [0.29, 0.717) is 28.1 Å². The first-order valence-electron chi connectivity index (χ1n) is 7.89. The summed E-state index contributed by atoms with van der Waals surface area (Å²) in [6.45, 7) is 5.28. The largest absolute Gasteiger partial charge is 0.462 e. The second-order valence-corrected chi connectivity index (χ2v) is 7.42. The Morgan fingerprint density at radius 2 is 1.96 bits per heavy atom. The molecule has 1 amide bonds. The molecule has 8 nitrogen and oxygen atoms in total. The number of carbonyl (C=O) groups is 2. The normalized spacial score (nSPS) is 11.2. The lowest BCUT2D eigenvalue weighted by atomic mass is 10.1. The molecule has 0 aliphatic carbocycles. The molecule has 0 unspecified atom stereocenters. The van der Waals surface area contributed by atoms with Crippen LogP contribution in [-0.4, -0.2) is 31.9 Å². The second kappa shape index (κ2) is 7.71. The van der Waals surface area contributed by atoms with Crippen LogP contribution in [-0.2, 0) is 20.5 Å². The van der Waals surface area contributed by atoms with E-state index in [9.17, 15) is 18.0 Å². The number of ether oxygens (including phenoxy) is 1. The van der Waals surface area contributed by atoms with Crippen LogP contribution < -0.4 is 10.5 Å². The van der Waals surface area contributed by atoms with E-state index in [2.05, 4.69) is 10.3 Å². The Bertz CT molecular complexity index is 947. The Morgan fingerprint density at radius 3 is 2.58 bits per heavy atom. The Morgan fingerprint density at radius 1 is 1.27 bits per heavy atom. The van der Waals surface area contributed by atoms with Gasteiger partial charge in [0.15, 0.2) is 0 Å². The minimum atomic E-state index is -3.67. The van der Waals surface area contributed by atoms with Gasteiger partial charge in [0.1, 0.15) is 5.69 Å². The number of amides is 1. The fourth-order valence-corrected chi connectivity index (χ4v) is 3.30. The molecule has 0 saturated carbocycles. The Labute approximate surface area is 151 Å². The second-order valence-electron chi connectivity index (χ2n) is 5.81. The molecule has 1 aromatic carbocycles. The first kappa shape index (κ1) is 19.7. The van der Waals surface area contributed by atoms with E-state index in [1.807, 2.05) is 0 Å². The molecule has 140 valence electrons. The van der Waals surface area contributed by atoms with Crippen molar-refractivity contribution in [3.05, 3.63) is 52.3 Å². The van der Waals surface area contributed by atoms with Gasteiger partial charge >= 0.3 is 5.97 Å². The average Bonchev–Trinajstić information content (AvgIpc) is 2.81. The highest BCUT2D eigenvalue weighted by Crippen LogP contribution is 2.21. The first-order valence-corrected chi connectivity index (χ1v) is 9.61. The van der Waals surface area contributed by atoms with Crippen LogP contribution in [0.4, 0.5) is 5.69 Å². The molecule has 26 heavy (non-hydrogen) atoms. The quantitative estimate of drug-likeness (QED) is 0.659. The Kier molecular flexibility index (Phi) is 5.83. The number of rotatable bonds is 6. The summed E-state index contributed by atoms with van der Waals surface area (Å²) >= 11 is 0. The number of primary sulfonamides is 1. The molecule has 9 heteroatoms. The maximum absolute atomic E-state index is 12.5. The third-order valence-corrected chi connectivity index (χ3v) is 4.43. The summed E-state index contributed by atoms with van der Waals surface area (Å²) in [7, 11) is -3.67. The van der Waals surface area contributed by atoms with Crippen LogP contribution in [0, 0.1) is 13.8 Å². The smallest absolute Gasteiger partial charge is 0.340 e. The maximum atomic E-state index is 12.5. The predicted octanol–water partition coefficient (Wildman–Crippen LogP) is 1.85. The van der Waals surface area contributed by atoms with Crippen molar-refractivity contribution in [3.8, 4) is 0 Å². The summed E-state index contributed by atoms with van der Waals surface area (Å²) in [6.07, 6.45) is 0. The zero-order valence-corrected chi connectivity index (χ0v) is 15.6. The predicted molar refractivity (Wildman–Crippen MR) is 97.4 cm³/mol. The van der Waals surface area contributed by atoms with Gasteiger partial charge in [0.2, 0.25) is 10.0 Å². The summed E-state index contributed by atoms with van der Waals surface area (Å²) in [5, 5.41) is 7.72. The number of esters is 1. The molecule has 1 aromatic heterocycles. The number of aromatic nitrogens is 1. The summed E-state index contributed by atoms with van der Waals surface area (Å²) < 4.78 is 27.4. The molecule has 0 spiro atoms. The van der Waals surface area contributed by atoms with Gasteiger partial charge in [-0.2, -0.15) is 0 Å². The van der Waals surface area contributed by atoms with Crippen molar-refractivity contribution in [3.63, 3.8) is 0 Å². The standard InChI is InChI=1S/C17H21N3O5S/c1-4-25-17(22)14-10(2)15(19-11(14)3)16(21)20-13-7-5-6-12(8-13)9-26(18,23)24/h5-8,19H,4,9H2,1-3H3,(H,20,21)(H2,18,23,24). The summed E-state index contributed by atoms with van der Waals surface area (Å²) in [5.41, 5.74) is 2.47. The molecular weight excluding hydrogens is 358 g/mol. The number of carbonyl (C=O) groups excluding carboxylic acids is 2. The van der Waals surface area contributed by atoms with Crippen LogP contribution >= 0.6 is 0 Å². The molecule has 0 aliphatic heterocycles. The molecule has 0 radical (unpaired) electrons. The number of aryl methyl sites for hydroxylation is 1. The maximum Gasteiger partial charge on any atom is 0.340 e. The van der Waals surface area contributed by atoms with Gasteiger partial charge in [-0.1, -0.05) is 12.1 Å². The number of sulfonamides is 1. The number of hydrogen-bond donors (Lipinski definition) is 3. The Hall–Kier alpha value is -2.65. The van der Waals surface area contributed by atoms with Crippen LogP contribution in [0.1, 0.15) is 44.6 Å². The van der Waals surface area contributed by atoms with Crippen molar-refractivity contribution < 1.29 is 22.7 Å². The van der Waals surface area contributed by atoms with E-state index in [-0.39, 0.29) is 18.1 Å². The average molecular weight is 379 g/mol. The van der Waals surface area contributed by atoms with E-state index in [0.717, 1.165) is 0 Å². The van der Waals surface area contributed by atoms with E-state index < -0.39 is 21.9 Å². The molecule has 1 heterocycles. The summed E-state index contributed by atoms with van der Waals surface area (Å²) in [4.78, 5) is 27.5. The first-order chi connectivity index (χ1) is 12.1. The topological polar surface area (TPSA) is 131 Å². The minimum absolute atomic E-state index is 0.237. The van der Waals surface area contributed by atoms with Crippen molar-refractivity contribution in [2.75, 3.05) is 11.9 Å². The number of nitrogens with one attached hydrogen (secondary N) is 2. The molecule has 2 rings (SSSR count). The molecule has 0 fully saturated rings. The molecule has 0 atom stereocenters.